The number of hydrogen-bond donors (Lipinski definition) is 0. The van der Waals surface area contributed by atoms with E-state index < -0.39 is 0 Å². The Hall–Kier alpha value is -0.820. The predicted molar refractivity (Wildman–Crippen MR) is 69.0 cm³/mol. The molecule has 1 aromatic rings. The van der Waals surface area contributed by atoms with E-state index in [-0.39, 0.29) is 0 Å². The maximum atomic E-state index is 11.7. The SMILES string of the molecule is CCCCCC(=O)Cc1ccc(C)cc1Cl. The van der Waals surface area contributed by atoms with Gasteiger partial charge in [0.1, 0.15) is 5.78 Å². The molecule has 0 unspecified atom stereocenters. The van der Waals surface area contributed by atoms with Crippen LogP contribution in [0.15, 0.2) is 18.2 Å². The van der Waals surface area contributed by atoms with Gasteiger partial charge in [0.2, 0.25) is 0 Å². The van der Waals surface area contributed by atoms with Gasteiger partial charge in [-0.2, -0.15) is 0 Å². The van der Waals surface area contributed by atoms with Crippen LogP contribution in [0.5, 0.6) is 0 Å². The number of Topliss-reactive ketones (excluding diaryl/α,β-unsaturated/α-hetero) is 1. The molecule has 1 aromatic carbocycles. The molecule has 0 fully saturated rings. The van der Waals surface area contributed by atoms with Crippen molar-refractivity contribution in [2.75, 3.05) is 0 Å². The Morgan fingerprint density at radius 2 is 2.06 bits per heavy atom. The van der Waals surface area contributed by atoms with Crippen LogP contribution in [0.1, 0.15) is 43.7 Å². The molecule has 0 aliphatic carbocycles. The van der Waals surface area contributed by atoms with E-state index in [0.29, 0.717) is 23.6 Å². The van der Waals surface area contributed by atoms with E-state index in [9.17, 15) is 4.79 Å². The first-order valence-corrected chi connectivity index (χ1v) is 6.28. The number of unbranched alkanes of at least 4 members (excludes halogenated alkanes) is 2. The van der Waals surface area contributed by atoms with Crippen molar-refractivity contribution in [1.29, 1.82) is 0 Å². The zero-order valence-corrected chi connectivity index (χ0v) is 10.8. The van der Waals surface area contributed by atoms with E-state index in [2.05, 4.69) is 6.92 Å². The quantitative estimate of drug-likeness (QED) is 0.674. The van der Waals surface area contributed by atoms with E-state index >= 15 is 0 Å². The van der Waals surface area contributed by atoms with Crippen molar-refractivity contribution < 1.29 is 4.79 Å². The Morgan fingerprint density at radius 3 is 2.69 bits per heavy atom. The molecule has 0 aliphatic heterocycles. The van der Waals surface area contributed by atoms with Crippen LogP contribution in [0.4, 0.5) is 0 Å². The molecule has 0 N–H and O–H groups in total. The highest BCUT2D eigenvalue weighted by Crippen LogP contribution is 2.19. The molecule has 0 amide bonds. The second-order valence-electron chi connectivity index (χ2n) is 4.27. The van der Waals surface area contributed by atoms with Crippen molar-refractivity contribution in [3.05, 3.63) is 34.3 Å². The second kappa shape index (κ2) is 6.70. The summed E-state index contributed by atoms with van der Waals surface area (Å²) in [5.74, 6) is 0.291. The summed E-state index contributed by atoms with van der Waals surface area (Å²) in [5, 5.41) is 0.712. The number of benzene rings is 1. The molecule has 0 heterocycles. The molecular formula is C14H19ClO. The molecule has 0 saturated carbocycles. The van der Waals surface area contributed by atoms with E-state index in [0.717, 1.165) is 30.4 Å². The third-order valence-corrected chi connectivity index (χ3v) is 3.01. The van der Waals surface area contributed by atoms with Crippen molar-refractivity contribution in [2.24, 2.45) is 0 Å². The van der Waals surface area contributed by atoms with Crippen LogP contribution < -0.4 is 0 Å². The summed E-state index contributed by atoms with van der Waals surface area (Å²) < 4.78 is 0. The van der Waals surface area contributed by atoms with E-state index in [4.69, 9.17) is 11.6 Å². The molecular weight excluding hydrogens is 220 g/mol. The maximum absolute atomic E-state index is 11.7. The van der Waals surface area contributed by atoms with Crippen LogP contribution in [-0.2, 0) is 11.2 Å². The summed E-state index contributed by atoms with van der Waals surface area (Å²) >= 11 is 6.08. The van der Waals surface area contributed by atoms with Crippen LogP contribution in [0.2, 0.25) is 5.02 Å². The van der Waals surface area contributed by atoms with Gasteiger partial charge in [0.15, 0.2) is 0 Å². The number of carbonyl (C=O) groups is 1. The number of halogens is 1. The Kier molecular flexibility index (Phi) is 5.54. The first-order valence-electron chi connectivity index (χ1n) is 5.90. The van der Waals surface area contributed by atoms with Gasteiger partial charge in [-0.1, -0.05) is 43.5 Å². The van der Waals surface area contributed by atoms with Crippen LogP contribution in [0, 0.1) is 6.92 Å². The molecule has 16 heavy (non-hydrogen) atoms. The smallest absolute Gasteiger partial charge is 0.137 e. The van der Waals surface area contributed by atoms with Crippen LogP contribution in [-0.4, -0.2) is 5.78 Å². The van der Waals surface area contributed by atoms with Gasteiger partial charge in [-0.3, -0.25) is 4.79 Å². The maximum Gasteiger partial charge on any atom is 0.137 e. The molecule has 0 bridgehead atoms. The topological polar surface area (TPSA) is 17.1 Å². The number of carbonyl (C=O) groups excluding carboxylic acids is 1. The molecule has 2 heteroatoms. The Morgan fingerprint density at radius 1 is 1.31 bits per heavy atom. The highest BCUT2D eigenvalue weighted by molar-refractivity contribution is 6.31. The summed E-state index contributed by atoms with van der Waals surface area (Å²) in [4.78, 5) is 11.7. The number of hydrogen-bond acceptors (Lipinski definition) is 1. The molecule has 1 nitrogen and oxygen atoms in total. The molecule has 0 spiro atoms. The minimum atomic E-state index is 0.291. The summed E-state index contributed by atoms with van der Waals surface area (Å²) in [6.07, 6.45) is 4.44. The zero-order chi connectivity index (χ0) is 12.0. The molecule has 0 radical (unpaired) electrons. The highest BCUT2D eigenvalue weighted by atomic mass is 35.5. The number of ketones is 1. The average Bonchev–Trinajstić information content (AvgIpc) is 2.23. The lowest BCUT2D eigenvalue weighted by Gasteiger charge is -2.04. The Labute approximate surface area is 103 Å². The lowest BCUT2D eigenvalue weighted by Crippen LogP contribution is -2.03. The van der Waals surface area contributed by atoms with Gasteiger partial charge in [0.25, 0.3) is 0 Å². The van der Waals surface area contributed by atoms with Crippen molar-refractivity contribution in [2.45, 2.75) is 46.0 Å². The normalized spacial score (nSPS) is 10.4. The molecule has 1 rings (SSSR count). The summed E-state index contributed by atoms with van der Waals surface area (Å²) in [6.45, 7) is 4.14. The van der Waals surface area contributed by atoms with Gasteiger partial charge < -0.3 is 0 Å². The highest BCUT2D eigenvalue weighted by Gasteiger charge is 2.06. The van der Waals surface area contributed by atoms with Crippen LogP contribution in [0.25, 0.3) is 0 Å². The summed E-state index contributed by atoms with van der Waals surface area (Å²) in [5.41, 5.74) is 2.08. The lowest BCUT2D eigenvalue weighted by molar-refractivity contribution is -0.118. The van der Waals surface area contributed by atoms with E-state index in [1.54, 1.807) is 0 Å². The van der Waals surface area contributed by atoms with Gasteiger partial charge in [-0.25, -0.2) is 0 Å². The third-order valence-electron chi connectivity index (χ3n) is 2.66. The van der Waals surface area contributed by atoms with Gasteiger partial charge in [0, 0.05) is 17.9 Å². The van der Waals surface area contributed by atoms with Crippen molar-refractivity contribution in [3.8, 4) is 0 Å². The van der Waals surface area contributed by atoms with Crippen molar-refractivity contribution in [3.63, 3.8) is 0 Å². The van der Waals surface area contributed by atoms with E-state index in [1.807, 2.05) is 25.1 Å². The minimum absolute atomic E-state index is 0.291. The van der Waals surface area contributed by atoms with Crippen LogP contribution >= 0.6 is 11.6 Å². The average molecular weight is 239 g/mol. The number of aryl methyl sites for hydroxylation is 1. The van der Waals surface area contributed by atoms with Gasteiger partial charge >= 0.3 is 0 Å². The van der Waals surface area contributed by atoms with Gasteiger partial charge in [-0.05, 0) is 30.5 Å². The predicted octanol–water partition coefficient (Wildman–Crippen LogP) is 4.34. The Bertz CT molecular complexity index is 358. The Balaban J connectivity index is 2.49. The first kappa shape index (κ1) is 13.2. The first-order chi connectivity index (χ1) is 7.63. The van der Waals surface area contributed by atoms with Gasteiger partial charge in [-0.15, -0.1) is 0 Å². The summed E-state index contributed by atoms with van der Waals surface area (Å²) in [6, 6.07) is 5.87. The van der Waals surface area contributed by atoms with Gasteiger partial charge in [0.05, 0.1) is 0 Å². The van der Waals surface area contributed by atoms with Crippen molar-refractivity contribution in [1.82, 2.24) is 0 Å². The molecule has 88 valence electrons. The minimum Gasteiger partial charge on any atom is -0.299 e. The molecule has 0 atom stereocenters. The lowest BCUT2D eigenvalue weighted by atomic mass is 10.0. The second-order valence-corrected chi connectivity index (χ2v) is 4.67. The molecule has 0 aliphatic rings. The van der Waals surface area contributed by atoms with Crippen LogP contribution in [0.3, 0.4) is 0 Å². The van der Waals surface area contributed by atoms with Crippen molar-refractivity contribution >= 4 is 17.4 Å². The monoisotopic (exact) mass is 238 g/mol. The standard InChI is InChI=1S/C14H19ClO/c1-3-4-5-6-13(16)10-12-8-7-11(2)9-14(12)15/h7-9H,3-6,10H2,1-2H3. The fourth-order valence-corrected chi connectivity index (χ4v) is 1.97. The third kappa shape index (κ3) is 4.36. The number of rotatable bonds is 6. The molecule has 0 aromatic heterocycles. The fraction of sp³-hybridized carbons (Fsp3) is 0.500. The molecule has 0 saturated heterocycles. The largest absolute Gasteiger partial charge is 0.299 e. The van der Waals surface area contributed by atoms with E-state index in [1.165, 1.54) is 0 Å². The summed E-state index contributed by atoms with van der Waals surface area (Å²) in [7, 11) is 0. The zero-order valence-electron chi connectivity index (χ0n) is 10.1. The fourth-order valence-electron chi connectivity index (χ4n) is 1.67.